The lowest BCUT2D eigenvalue weighted by Crippen LogP contribution is -2.00. The molecule has 4 heteroatoms. The van der Waals surface area contributed by atoms with E-state index in [1.165, 1.54) is 18.1 Å². The number of carbonyl (C=O) groups is 1. The van der Waals surface area contributed by atoms with Crippen LogP contribution in [0.15, 0.2) is 28.8 Å². The Morgan fingerprint density at radius 1 is 1.41 bits per heavy atom. The molecular formula is C13H12N2O2. The Kier molecular flexibility index (Phi) is 2.28. The molecule has 4 nitrogen and oxygen atoms in total. The SMILES string of the molecule is CC(=O)c1nc(C2CCc3ccccc32)no1. The number of rotatable bonds is 2. The molecule has 1 unspecified atom stereocenters. The van der Waals surface area contributed by atoms with Gasteiger partial charge >= 0.3 is 0 Å². The van der Waals surface area contributed by atoms with Gasteiger partial charge in [-0.05, 0) is 24.0 Å². The van der Waals surface area contributed by atoms with E-state index in [0.29, 0.717) is 5.82 Å². The van der Waals surface area contributed by atoms with Crippen molar-refractivity contribution in [1.82, 2.24) is 10.1 Å². The van der Waals surface area contributed by atoms with Gasteiger partial charge in [0.2, 0.25) is 5.78 Å². The van der Waals surface area contributed by atoms with Crippen molar-refractivity contribution in [2.75, 3.05) is 0 Å². The van der Waals surface area contributed by atoms with Crippen LogP contribution in [0.3, 0.4) is 0 Å². The van der Waals surface area contributed by atoms with Gasteiger partial charge in [0.05, 0.1) is 0 Å². The summed E-state index contributed by atoms with van der Waals surface area (Å²) in [5.41, 5.74) is 2.59. The summed E-state index contributed by atoms with van der Waals surface area (Å²) in [6.07, 6.45) is 2.01. The summed E-state index contributed by atoms with van der Waals surface area (Å²) in [6.45, 7) is 1.43. The molecule has 0 bridgehead atoms. The molecule has 1 aromatic heterocycles. The predicted octanol–water partition coefficient (Wildman–Crippen LogP) is 2.35. The molecule has 0 aliphatic heterocycles. The highest BCUT2D eigenvalue weighted by molar-refractivity contribution is 5.89. The van der Waals surface area contributed by atoms with E-state index in [4.69, 9.17) is 4.52 Å². The quantitative estimate of drug-likeness (QED) is 0.740. The number of nitrogens with zero attached hydrogens (tertiary/aromatic N) is 2. The zero-order chi connectivity index (χ0) is 11.8. The number of fused-ring (bicyclic) bond motifs is 1. The number of benzene rings is 1. The highest BCUT2D eigenvalue weighted by Crippen LogP contribution is 2.36. The molecule has 0 saturated heterocycles. The predicted molar refractivity (Wildman–Crippen MR) is 60.9 cm³/mol. The van der Waals surface area contributed by atoms with E-state index in [1.54, 1.807) is 0 Å². The van der Waals surface area contributed by atoms with Gasteiger partial charge in [0.25, 0.3) is 5.89 Å². The summed E-state index contributed by atoms with van der Waals surface area (Å²) in [6, 6.07) is 8.28. The maximum atomic E-state index is 11.1. The Morgan fingerprint density at radius 3 is 3.00 bits per heavy atom. The van der Waals surface area contributed by atoms with Gasteiger partial charge in [0.15, 0.2) is 5.82 Å². The van der Waals surface area contributed by atoms with Crippen LogP contribution in [-0.2, 0) is 6.42 Å². The summed E-state index contributed by atoms with van der Waals surface area (Å²) in [4.78, 5) is 15.3. The van der Waals surface area contributed by atoms with E-state index >= 15 is 0 Å². The minimum atomic E-state index is -0.185. The fraction of sp³-hybridized carbons (Fsp3) is 0.308. The van der Waals surface area contributed by atoms with Crippen molar-refractivity contribution in [3.63, 3.8) is 0 Å². The Labute approximate surface area is 98.7 Å². The van der Waals surface area contributed by atoms with E-state index < -0.39 is 0 Å². The Balaban J connectivity index is 1.98. The number of Topliss-reactive ketones (excluding diaryl/α,β-unsaturated/α-hetero) is 1. The average Bonchev–Trinajstić information content (AvgIpc) is 2.95. The minimum Gasteiger partial charge on any atom is -0.331 e. The molecule has 2 aromatic rings. The molecule has 1 aliphatic rings. The third kappa shape index (κ3) is 1.65. The van der Waals surface area contributed by atoms with Crippen LogP contribution in [-0.4, -0.2) is 15.9 Å². The summed E-state index contributed by atoms with van der Waals surface area (Å²) in [7, 11) is 0. The summed E-state index contributed by atoms with van der Waals surface area (Å²) < 4.78 is 4.94. The number of aryl methyl sites for hydroxylation is 1. The Morgan fingerprint density at radius 2 is 2.24 bits per heavy atom. The summed E-state index contributed by atoms with van der Waals surface area (Å²) in [5, 5.41) is 3.91. The van der Waals surface area contributed by atoms with Crippen LogP contribution >= 0.6 is 0 Å². The van der Waals surface area contributed by atoms with Gasteiger partial charge in [-0.2, -0.15) is 4.98 Å². The summed E-state index contributed by atoms with van der Waals surface area (Å²) in [5.74, 6) is 0.711. The topological polar surface area (TPSA) is 56.0 Å². The van der Waals surface area contributed by atoms with E-state index in [9.17, 15) is 4.79 Å². The molecule has 3 rings (SSSR count). The first-order chi connectivity index (χ1) is 8.25. The number of hydrogen-bond donors (Lipinski definition) is 0. The largest absolute Gasteiger partial charge is 0.331 e. The van der Waals surface area contributed by atoms with Gasteiger partial charge in [-0.25, -0.2) is 0 Å². The molecule has 0 spiro atoms. The molecule has 1 aliphatic carbocycles. The molecule has 0 fully saturated rings. The first kappa shape index (κ1) is 10.2. The number of hydrogen-bond acceptors (Lipinski definition) is 4. The van der Waals surface area contributed by atoms with Crippen LogP contribution in [0.5, 0.6) is 0 Å². The van der Waals surface area contributed by atoms with E-state index in [0.717, 1.165) is 12.8 Å². The van der Waals surface area contributed by atoms with Crippen molar-refractivity contribution in [3.05, 3.63) is 47.1 Å². The van der Waals surface area contributed by atoms with Gasteiger partial charge in [0, 0.05) is 12.8 Å². The van der Waals surface area contributed by atoms with Crippen LogP contribution in [0.1, 0.15) is 46.9 Å². The fourth-order valence-electron chi connectivity index (χ4n) is 2.34. The van der Waals surface area contributed by atoms with Crippen molar-refractivity contribution in [2.45, 2.75) is 25.7 Å². The van der Waals surface area contributed by atoms with Crippen molar-refractivity contribution < 1.29 is 9.32 Å². The number of ketones is 1. The molecule has 1 atom stereocenters. The van der Waals surface area contributed by atoms with Crippen molar-refractivity contribution in [3.8, 4) is 0 Å². The second-order valence-corrected chi connectivity index (χ2v) is 4.30. The van der Waals surface area contributed by atoms with E-state index in [-0.39, 0.29) is 17.6 Å². The first-order valence-electron chi connectivity index (χ1n) is 5.68. The van der Waals surface area contributed by atoms with Crippen LogP contribution < -0.4 is 0 Å². The number of carbonyl (C=O) groups excluding carboxylic acids is 1. The van der Waals surface area contributed by atoms with Crippen LogP contribution in [0.2, 0.25) is 0 Å². The lowest BCUT2D eigenvalue weighted by atomic mass is 10.0. The molecule has 1 aromatic carbocycles. The van der Waals surface area contributed by atoms with Crippen molar-refractivity contribution >= 4 is 5.78 Å². The first-order valence-corrected chi connectivity index (χ1v) is 5.68. The maximum absolute atomic E-state index is 11.1. The van der Waals surface area contributed by atoms with Gasteiger partial charge in [0.1, 0.15) is 0 Å². The standard InChI is InChI=1S/C13H12N2O2/c1-8(16)13-14-12(15-17-13)11-7-6-9-4-2-3-5-10(9)11/h2-5,11H,6-7H2,1H3. The van der Waals surface area contributed by atoms with E-state index in [2.05, 4.69) is 22.3 Å². The molecular weight excluding hydrogens is 216 g/mol. The normalized spacial score (nSPS) is 18.1. The van der Waals surface area contributed by atoms with E-state index in [1.807, 2.05) is 12.1 Å². The zero-order valence-corrected chi connectivity index (χ0v) is 9.51. The average molecular weight is 228 g/mol. The third-order valence-corrected chi connectivity index (χ3v) is 3.19. The van der Waals surface area contributed by atoms with Gasteiger partial charge in [-0.3, -0.25) is 4.79 Å². The molecule has 0 amide bonds. The van der Waals surface area contributed by atoms with Crippen molar-refractivity contribution in [1.29, 1.82) is 0 Å². The van der Waals surface area contributed by atoms with Crippen LogP contribution in [0, 0.1) is 0 Å². The molecule has 0 N–H and O–H groups in total. The third-order valence-electron chi connectivity index (χ3n) is 3.19. The van der Waals surface area contributed by atoms with Gasteiger partial charge in [-0.1, -0.05) is 29.4 Å². The maximum Gasteiger partial charge on any atom is 0.293 e. The molecule has 1 heterocycles. The van der Waals surface area contributed by atoms with Gasteiger partial charge in [-0.15, -0.1) is 0 Å². The Bertz CT molecular complexity index is 574. The smallest absolute Gasteiger partial charge is 0.293 e. The second-order valence-electron chi connectivity index (χ2n) is 4.30. The fourth-order valence-corrected chi connectivity index (χ4v) is 2.34. The highest BCUT2D eigenvalue weighted by Gasteiger charge is 2.28. The monoisotopic (exact) mass is 228 g/mol. The lowest BCUT2D eigenvalue weighted by Gasteiger charge is -2.05. The lowest BCUT2D eigenvalue weighted by molar-refractivity contribution is 0.0972. The van der Waals surface area contributed by atoms with Gasteiger partial charge < -0.3 is 4.52 Å². The molecule has 17 heavy (non-hydrogen) atoms. The number of aromatic nitrogens is 2. The molecule has 0 radical (unpaired) electrons. The van der Waals surface area contributed by atoms with Crippen molar-refractivity contribution in [2.24, 2.45) is 0 Å². The molecule has 86 valence electrons. The van der Waals surface area contributed by atoms with Crippen LogP contribution in [0.4, 0.5) is 0 Å². The van der Waals surface area contributed by atoms with Crippen LogP contribution in [0.25, 0.3) is 0 Å². The summed E-state index contributed by atoms with van der Waals surface area (Å²) >= 11 is 0. The highest BCUT2D eigenvalue weighted by atomic mass is 16.5. The minimum absolute atomic E-state index is 0.101. The zero-order valence-electron chi connectivity index (χ0n) is 9.51. The molecule has 0 saturated carbocycles. The second kappa shape index (κ2) is 3.80. The Hall–Kier alpha value is -1.97.